The van der Waals surface area contributed by atoms with Crippen LogP contribution in [0.15, 0.2) is 42.2 Å². The van der Waals surface area contributed by atoms with Crippen molar-refractivity contribution in [2.75, 3.05) is 5.88 Å². The second kappa shape index (κ2) is 4.45. The van der Waals surface area contributed by atoms with Crippen LogP contribution in [0.3, 0.4) is 0 Å². The minimum Gasteiger partial charge on any atom is -0.263 e. The van der Waals surface area contributed by atoms with Crippen molar-refractivity contribution in [2.24, 2.45) is 0 Å². The van der Waals surface area contributed by atoms with Gasteiger partial charge in [0.25, 0.3) is 0 Å². The first-order chi connectivity index (χ1) is 7.31. The van der Waals surface area contributed by atoms with Crippen LogP contribution >= 0.6 is 11.6 Å². The van der Waals surface area contributed by atoms with E-state index in [4.69, 9.17) is 11.6 Å². The number of alkyl halides is 1. The SMILES string of the molecule is C/C(=C/c1cncc2ccccc12)CCl. The van der Waals surface area contributed by atoms with Crippen molar-refractivity contribution >= 4 is 28.4 Å². The van der Waals surface area contributed by atoms with Crippen molar-refractivity contribution in [3.05, 3.63) is 47.8 Å². The highest BCUT2D eigenvalue weighted by Crippen LogP contribution is 2.19. The van der Waals surface area contributed by atoms with Crippen LogP contribution in [0.5, 0.6) is 0 Å². The minimum absolute atomic E-state index is 0.559. The van der Waals surface area contributed by atoms with E-state index in [-0.39, 0.29) is 0 Å². The fourth-order valence-corrected chi connectivity index (χ4v) is 1.64. The van der Waals surface area contributed by atoms with Crippen molar-refractivity contribution in [1.82, 2.24) is 4.98 Å². The molecule has 0 saturated heterocycles. The fraction of sp³-hybridized carbons (Fsp3) is 0.154. The third-order valence-electron chi connectivity index (χ3n) is 2.31. The first kappa shape index (κ1) is 10.2. The topological polar surface area (TPSA) is 12.9 Å². The highest BCUT2D eigenvalue weighted by Gasteiger charge is 1.98. The lowest BCUT2D eigenvalue weighted by atomic mass is 10.1. The lowest BCUT2D eigenvalue weighted by Crippen LogP contribution is -1.83. The smallest absolute Gasteiger partial charge is 0.0434 e. The third-order valence-corrected chi connectivity index (χ3v) is 2.73. The van der Waals surface area contributed by atoms with Gasteiger partial charge in [-0.2, -0.15) is 0 Å². The van der Waals surface area contributed by atoms with Gasteiger partial charge >= 0.3 is 0 Å². The molecule has 0 aliphatic carbocycles. The third kappa shape index (κ3) is 2.18. The summed E-state index contributed by atoms with van der Waals surface area (Å²) in [6.07, 6.45) is 5.84. The Morgan fingerprint density at radius 1 is 1.33 bits per heavy atom. The molecule has 0 aliphatic heterocycles. The summed E-state index contributed by atoms with van der Waals surface area (Å²) >= 11 is 5.76. The van der Waals surface area contributed by atoms with Gasteiger partial charge in [-0.25, -0.2) is 0 Å². The average molecular weight is 218 g/mol. The Morgan fingerprint density at radius 3 is 2.93 bits per heavy atom. The number of allylic oxidation sites excluding steroid dienone is 1. The Kier molecular flexibility index (Phi) is 3.02. The van der Waals surface area contributed by atoms with E-state index in [9.17, 15) is 0 Å². The number of rotatable bonds is 2. The zero-order chi connectivity index (χ0) is 10.7. The van der Waals surface area contributed by atoms with Crippen molar-refractivity contribution in [1.29, 1.82) is 0 Å². The first-order valence-corrected chi connectivity index (χ1v) is 5.40. The Bertz CT molecular complexity index is 497. The quantitative estimate of drug-likeness (QED) is 0.696. The summed E-state index contributed by atoms with van der Waals surface area (Å²) in [6.45, 7) is 2.02. The molecular formula is C13H12ClN. The van der Waals surface area contributed by atoms with Gasteiger partial charge < -0.3 is 0 Å². The van der Waals surface area contributed by atoms with Crippen LogP contribution in [-0.2, 0) is 0 Å². The highest BCUT2D eigenvalue weighted by atomic mass is 35.5. The largest absolute Gasteiger partial charge is 0.263 e. The van der Waals surface area contributed by atoms with Gasteiger partial charge in [-0.15, -0.1) is 11.6 Å². The number of benzene rings is 1. The summed E-state index contributed by atoms with van der Waals surface area (Å²) in [5, 5.41) is 2.38. The van der Waals surface area contributed by atoms with Crippen molar-refractivity contribution in [3.8, 4) is 0 Å². The number of aromatic nitrogens is 1. The molecule has 1 aromatic heterocycles. The van der Waals surface area contributed by atoms with E-state index in [1.807, 2.05) is 31.5 Å². The maximum Gasteiger partial charge on any atom is 0.0434 e. The second-order valence-electron chi connectivity index (χ2n) is 3.57. The van der Waals surface area contributed by atoms with Gasteiger partial charge in [0.15, 0.2) is 0 Å². The van der Waals surface area contributed by atoms with Crippen molar-refractivity contribution in [3.63, 3.8) is 0 Å². The molecule has 0 radical (unpaired) electrons. The Balaban J connectivity index is 2.61. The van der Waals surface area contributed by atoms with Crippen LogP contribution in [0.4, 0.5) is 0 Å². The molecule has 2 heteroatoms. The minimum atomic E-state index is 0.559. The molecule has 1 nitrogen and oxygen atoms in total. The van der Waals surface area contributed by atoms with E-state index in [2.05, 4.69) is 23.2 Å². The van der Waals surface area contributed by atoms with Gasteiger partial charge in [0.05, 0.1) is 0 Å². The highest BCUT2D eigenvalue weighted by molar-refractivity contribution is 6.19. The maximum atomic E-state index is 5.76. The monoisotopic (exact) mass is 217 g/mol. The molecule has 1 aromatic carbocycles. The second-order valence-corrected chi connectivity index (χ2v) is 3.84. The zero-order valence-corrected chi connectivity index (χ0v) is 9.33. The molecule has 0 unspecified atom stereocenters. The van der Waals surface area contributed by atoms with Crippen LogP contribution in [0.25, 0.3) is 16.8 Å². The Labute approximate surface area is 94.4 Å². The molecule has 0 atom stereocenters. The molecule has 1 heterocycles. The normalized spacial score (nSPS) is 12.0. The molecule has 0 fully saturated rings. The van der Waals surface area contributed by atoms with E-state index in [0.29, 0.717) is 5.88 Å². The van der Waals surface area contributed by atoms with E-state index >= 15 is 0 Å². The molecule has 2 aromatic rings. The Morgan fingerprint density at radius 2 is 2.13 bits per heavy atom. The van der Waals surface area contributed by atoms with Gasteiger partial charge in [-0.05, 0) is 12.3 Å². The molecular weight excluding hydrogens is 206 g/mol. The van der Waals surface area contributed by atoms with Gasteiger partial charge in [0.2, 0.25) is 0 Å². The number of nitrogens with zero attached hydrogens (tertiary/aromatic N) is 1. The zero-order valence-electron chi connectivity index (χ0n) is 8.57. The summed E-state index contributed by atoms with van der Waals surface area (Å²) in [5.41, 5.74) is 2.28. The standard InChI is InChI=1S/C13H12ClN/c1-10(7-14)6-12-9-15-8-11-4-2-3-5-13(11)12/h2-6,8-9H,7H2,1H3/b10-6-. The van der Waals surface area contributed by atoms with Crippen LogP contribution < -0.4 is 0 Å². The predicted octanol–water partition coefficient (Wildman–Crippen LogP) is 3.88. The number of fused-ring (bicyclic) bond motifs is 1. The summed E-state index contributed by atoms with van der Waals surface area (Å²) in [4.78, 5) is 4.21. The summed E-state index contributed by atoms with van der Waals surface area (Å²) in [6, 6.07) is 8.22. The predicted molar refractivity (Wildman–Crippen MR) is 66.1 cm³/mol. The van der Waals surface area contributed by atoms with E-state index in [1.54, 1.807) is 0 Å². The van der Waals surface area contributed by atoms with E-state index in [0.717, 1.165) is 16.5 Å². The maximum absolute atomic E-state index is 5.76. The van der Waals surface area contributed by atoms with Crippen molar-refractivity contribution < 1.29 is 0 Å². The summed E-state index contributed by atoms with van der Waals surface area (Å²) in [5.74, 6) is 0.559. The van der Waals surface area contributed by atoms with Gasteiger partial charge in [-0.3, -0.25) is 4.98 Å². The van der Waals surface area contributed by atoms with Crippen molar-refractivity contribution in [2.45, 2.75) is 6.92 Å². The van der Waals surface area contributed by atoms with Gasteiger partial charge in [0, 0.05) is 29.2 Å². The number of hydrogen-bond acceptors (Lipinski definition) is 1. The fourth-order valence-electron chi connectivity index (χ4n) is 1.56. The van der Waals surface area contributed by atoms with Crippen LogP contribution in [0.1, 0.15) is 12.5 Å². The van der Waals surface area contributed by atoms with Crippen LogP contribution in [0.2, 0.25) is 0 Å². The number of halogens is 1. The first-order valence-electron chi connectivity index (χ1n) is 4.87. The number of pyridine rings is 1. The number of hydrogen-bond donors (Lipinski definition) is 0. The summed E-state index contributed by atoms with van der Waals surface area (Å²) < 4.78 is 0. The van der Waals surface area contributed by atoms with Gasteiger partial charge in [0.1, 0.15) is 0 Å². The lowest BCUT2D eigenvalue weighted by molar-refractivity contribution is 1.34. The molecule has 76 valence electrons. The average Bonchev–Trinajstić information content (AvgIpc) is 2.29. The molecule has 15 heavy (non-hydrogen) atoms. The van der Waals surface area contributed by atoms with Gasteiger partial charge in [-0.1, -0.05) is 35.9 Å². The van der Waals surface area contributed by atoms with Crippen LogP contribution in [-0.4, -0.2) is 10.9 Å². The molecule has 0 amide bonds. The molecule has 0 spiro atoms. The van der Waals surface area contributed by atoms with Crippen LogP contribution in [0, 0.1) is 0 Å². The molecule has 0 aliphatic rings. The molecule has 0 bridgehead atoms. The Hall–Kier alpha value is -1.34. The van der Waals surface area contributed by atoms with E-state index in [1.165, 1.54) is 5.39 Å². The van der Waals surface area contributed by atoms with E-state index < -0.39 is 0 Å². The summed E-state index contributed by atoms with van der Waals surface area (Å²) in [7, 11) is 0. The molecule has 2 rings (SSSR count). The molecule has 0 N–H and O–H groups in total. The lowest BCUT2D eigenvalue weighted by Gasteiger charge is -2.02. The molecule has 0 saturated carbocycles.